The Morgan fingerprint density at radius 2 is 1.07 bits per heavy atom. The van der Waals surface area contributed by atoms with E-state index in [2.05, 4.69) is 98.8 Å². The SMILES string of the molecule is Cc1ccc(C)c(CCc2ccccc2)c1.Cc1ccc(C)c(Cl)c1.c1ccc(CCB2C3CCCC2CCC3)cc1. The molecule has 2 heterocycles. The van der Waals surface area contributed by atoms with Crippen LogP contribution in [0.15, 0.2) is 97.1 Å². The molecular formula is C40H50BCl. The van der Waals surface area contributed by atoms with Crippen molar-refractivity contribution in [1.29, 1.82) is 0 Å². The Bertz CT molecular complexity index is 1320. The lowest BCUT2D eigenvalue weighted by Crippen LogP contribution is -2.34. The molecule has 0 saturated carbocycles. The zero-order valence-electron chi connectivity index (χ0n) is 26.4. The van der Waals surface area contributed by atoms with Crippen molar-refractivity contribution in [2.24, 2.45) is 0 Å². The second-order valence-electron chi connectivity index (χ2n) is 12.7. The summed E-state index contributed by atoms with van der Waals surface area (Å²) in [4.78, 5) is 0. The van der Waals surface area contributed by atoms with Crippen LogP contribution in [0.5, 0.6) is 0 Å². The van der Waals surface area contributed by atoms with Crippen LogP contribution in [0, 0.1) is 27.7 Å². The summed E-state index contributed by atoms with van der Waals surface area (Å²) < 4.78 is 0. The third-order valence-electron chi connectivity index (χ3n) is 9.48. The zero-order valence-corrected chi connectivity index (χ0v) is 27.2. The van der Waals surface area contributed by atoms with Gasteiger partial charge in [-0.25, -0.2) is 0 Å². The van der Waals surface area contributed by atoms with Crippen molar-refractivity contribution in [2.75, 3.05) is 0 Å². The van der Waals surface area contributed by atoms with Crippen LogP contribution < -0.4 is 0 Å². The minimum Gasteiger partial charge on any atom is -0.0840 e. The van der Waals surface area contributed by atoms with Crippen molar-refractivity contribution in [3.05, 3.63) is 141 Å². The van der Waals surface area contributed by atoms with Gasteiger partial charge in [0.15, 0.2) is 0 Å². The van der Waals surface area contributed by atoms with Crippen LogP contribution >= 0.6 is 11.6 Å². The average Bonchev–Trinajstić information content (AvgIpc) is 3.00. The molecule has 42 heavy (non-hydrogen) atoms. The first kappa shape index (κ1) is 32.2. The van der Waals surface area contributed by atoms with Crippen LogP contribution in [-0.4, -0.2) is 6.71 Å². The lowest BCUT2D eigenvalue weighted by molar-refractivity contribution is 0.441. The maximum atomic E-state index is 5.81. The van der Waals surface area contributed by atoms with Crippen LogP contribution in [0.1, 0.15) is 77.5 Å². The van der Waals surface area contributed by atoms with Crippen molar-refractivity contribution in [2.45, 2.75) is 103 Å². The molecule has 0 unspecified atom stereocenters. The molecule has 2 heteroatoms. The van der Waals surface area contributed by atoms with Gasteiger partial charge in [0, 0.05) is 5.02 Å². The molecule has 2 fully saturated rings. The summed E-state index contributed by atoms with van der Waals surface area (Å²) in [5, 5.41) is 0.856. The Hall–Kier alpha value is -2.77. The third kappa shape index (κ3) is 10.2. The predicted molar refractivity (Wildman–Crippen MR) is 187 cm³/mol. The van der Waals surface area contributed by atoms with Crippen LogP contribution in [0.2, 0.25) is 23.0 Å². The number of aryl methyl sites for hydroxylation is 7. The number of hydrogen-bond acceptors (Lipinski definition) is 0. The quantitative estimate of drug-likeness (QED) is 0.200. The number of rotatable bonds is 6. The minimum absolute atomic E-state index is 0.856. The zero-order chi connectivity index (χ0) is 29.7. The summed E-state index contributed by atoms with van der Waals surface area (Å²) in [6.45, 7) is 9.44. The van der Waals surface area contributed by atoms with Crippen molar-refractivity contribution in [3.8, 4) is 0 Å². The van der Waals surface area contributed by atoms with Gasteiger partial charge < -0.3 is 0 Å². The highest BCUT2D eigenvalue weighted by atomic mass is 35.5. The highest BCUT2D eigenvalue weighted by Crippen LogP contribution is 2.47. The van der Waals surface area contributed by atoms with E-state index in [9.17, 15) is 0 Å². The second-order valence-corrected chi connectivity index (χ2v) is 13.1. The van der Waals surface area contributed by atoms with Gasteiger partial charge in [0.2, 0.25) is 0 Å². The molecule has 0 aromatic heterocycles. The Morgan fingerprint density at radius 1 is 0.571 bits per heavy atom. The molecule has 6 rings (SSSR count). The minimum atomic E-state index is 0.856. The first-order chi connectivity index (χ1) is 20.4. The lowest BCUT2D eigenvalue weighted by Gasteiger charge is -2.40. The summed E-state index contributed by atoms with van der Waals surface area (Å²) in [7, 11) is 0. The number of halogens is 1. The monoisotopic (exact) mass is 576 g/mol. The summed E-state index contributed by atoms with van der Waals surface area (Å²) in [6.07, 6.45) is 14.1. The Morgan fingerprint density at radius 3 is 1.60 bits per heavy atom. The molecule has 0 amide bonds. The molecule has 2 saturated heterocycles. The first-order valence-corrected chi connectivity index (χ1v) is 16.6. The van der Waals surface area contributed by atoms with E-state index in [1.165, 1.54) is 84.6 Å². The van der Waals surface area contributed by atoms with Crippen LogP contribution in [0.4, 0.5) is 0 Å². The molecular weight excluding hydrogens is 527 g/mol. The molecule has 4 aromatic carbocycles. The van der Waals surface area contributed by atoms with Gasteiger partial charge in [-0.15, -0.1) is 0 Å². The van der Waals surface area contributed by atoms with Crippen LogP contribution in [0.3, 0.4) is 0 Å². The fourth-order valence-electron chi connectivity index (χ4n) is 6.95. The molecule has 0 spiro atoms. The highest BCUT2D eigenvalue weighted by Gasteiger charge is 2.38. The summed E-state index contributed by atoms with van der Waals surface area (Å²) in [5.41, 5.74) is 9.55. The highest BCUT2D eigenvalue weighted by molar-refractivity contribution is 6.62. The van der Waals surface area contributed by atoms with E-state index in [1.54, 1.807) is 0 Å². The second kappa shape index (κ2) is 16.8. The van der Waals surface area contributed by atoms with E-state index in [4.69, 9.17) is 11.6 Å². The summed E-state index contributed by atoms with van der Waals surface area (Å²) in [5.74, 6) is 2.15. The van der Waals surface area contributed by atoms with Crippen molar-refractivity contribution < 1.29 is 0 Å². The van der Waals surface area contributed by atoms with Gasteiger partial charge in [-0.05, 0) is 86.4 Å². The van der Waals surface area contributed by atoms with Crippen molar-refractivity contribution >= 4 is 18.3 Å². The average molecular weight is 577 g/mol. The fourth-order valence-corrected chi connectivity index (χ4v) is 7.19. The van der Waals surface area contributed by atoms with Gasteiger partial charge in [0.25, 0.3) is 0 Å². The molecule has 2 aliphatic heterocycles. The molecule has 4 aromatic rings. The van der Waals surface area contributed by atoms with Crippen LogP contribution in [0.25, 0.3) is 0 Å². The Kier molecular flexibility index (Phi) is 12.8. The third-order valence-corrected chi connectivity index (χ3v) is 9.88. The van der Waals surface area contributed by atoms with Crippen molar-refractivity contribution in [3.63, 3.8) is 0 Å². The van der Waals surface area contributed by atoms with E-state index in [-0.39, 0.29) is 0 Å². The molecule has 0 nitrogen and oxygen atoms in total. The number of fused-ring (bicyclic) bond motifs is 2. The molecule has 2 aliphatic rings. The van der Waals surface area contributed by atoms with E-state index in [0.29, 0.717) is 0 Å². The maximum Gasteiger partial charge on any atom is 0.146 e. The van der Waals surface area contributed by atoms with Crippen molar-refractivity contribution in [1.82, 2.24) is 0 Å². The summed E-state index contributed by atoms with van der Waals surface area (Å²) >= 11 is 5.81. The van der Waals surface area contributed by atoms with Gasteiger partial charge in [0.05, 0.1) is 0 Å². The van der Waals surface area contributed by atoms with Gasteiger partial charge in [0.1, 0.15) is 6.71 Å². The normalized spacial score (nSPS) is 17.4. The lowest BCUT2D eigenvalue weighted by atomic mass is 9.25. The maximum absolute atomic E-state index is 5.81. The van der Waals surface area contributed by atoms with E-state index in [1.807, 2.05) is 26.0 Å². The smallest absolute Gasteiger partial charge is 0.0840 e. The Balaban J connectivity index is 0.000000152. The van der Waals surface area contributed by atoms with Crippen LogP contribution in [-0.2, 0) is 19.3 Å². The first-order valence-electron chi connectivity index (χ1n) is 16.3. The topological polar surface area (TPSA) is 0 Å². The fraction of sp³-hybridized carbons (Fsp3) is 0.400. The number of hydrogen-bond donors (Lipinski definition) is 0. The molecule has 0 atom stereocenters. The standard InChI is InChI=1S/C16H23B.C16H18.C8H9Cl/c1-2-6-14(7-3-1)12-13-17-15-8-4-9-16(17)11-5-10-15;1-13-8-9-14(2)16(12-13)11-10-15-6-4-3-5-7-15;1-6-3-4-7(2)8(9)5-6/h1-3,6-7,15-16H,4-5,8-13H2;3-9,12H,10-11H2,1-2H3;3-5H,1-2H3. The van der Waals surface area contributed by atoms with Gasteiger partial charge >= 0.3 is 0 Å². The molecule has 2 bridgehead atoms. The van der Waals surface area contributed by atoms with Gasteiger partial charge in [-0.2, -0.15) is 0 Å². The van der Waals surface area contributed by atoms with E-state index < -0.39 is 0 Å². The van der Waals surface area contributed by atoms with Gasteiger partial charge in [-0.3, -0.25) is 0 Å². The predicted octanol–water partition coefficient (Wildman–Crippen LogP) is 11.9. The molecule has 0 radical (unpaired) electrons. The molecule has 220 valence electrons. The molecule has 0 aliphatic carbocycles. The van der Waals surface area contributed by atoms with E-state index >= 15 is 0 Å². The number of benzene rings is 4. The Labute approximate surface area is 262 Å². The largest absolute Gasteiger partial charge is 0.146 e. The summed E-state index contributed by atoms with van der Waals surface area (Å²) in [6, 6.07) is 34.5. The van der Waals surface area contributed by atoms with E-state index in [0.717, 1.165) is 41.8 Å². The molecule has 0 N–H and O–H groups in total. The van der Waals surface area contributed by atoms with Gasteiger partial charge in [-0.1, -0.05) is 165 Å².